The lowest BCUT2D eigenvalue weighted by Gasteiger charge is -1.97. The van der Waals surface area contributed by atoms with Gasteiger partial charge in [0.1, 0.15) is 0 Å². The smallest absolute Gasteiger partial charge is 0.0581 e. The normalized spacial score (nSPS) is 11.0. The van der Waals surface area contributed by atoms with Gasteiger partial charge in [-0.05, 0) is 23.8 Å². The van der Waals surface area contributed by atoms with Gasteiger partial charge >= 0.3 is 0 Å². The van der Waals surface area contributed by atoms with Crippen LogP contribution in [0.2, 0.25) is 5.02 Å². The first-order chi connectivity index (χ1) is 6.20. The van der Waals surface area contributed by atoms with E-state index in [4.69, 9.17) is 11.6 Å². The van der Waals surface area contributed by atoms with Crippen molar-refractivity contribution in [1.82, 2.24) is 0 Å². The average molecular weight is 294 g/mol. The lowest BCUT2D eigenvalue weighted by molar-refractivity contribution is 1.47. The van der Waals surface area contributed by atoms with E-state index < -0.39 is 0 Å². The highest BCUT2D eigenvalue weighted by molar-refractivity contribution is 9.08. The molecule has 1 heterocycles. The lowest BCUT2D eigenvalue weighted by atomic mass is 10.2. The fraction of sp³-hybridized carbons (Fsp3) is 0.111. The molecule has 0 saturated heterocycles. The summed E-state index contributed by atoms with van der Waals surface area (Å²) in [6.45, 7) is 0. The van der Waals surface area contributed by atoms with Crippen molar-refractivity contribution in [1.29, 1.82) is 0 Å². The number of fused-ring (bicyclic) bond motifs is 1. The number of thiophene rings is 1. The van der Waals surface area contributed by atoms with E-state index in [1.807, 2.05) is 12.1 Å². The van der Waals surface area contributed by atoms with E-state index in [0.717, 1.165) is 19.9 Å². The zero-order valence-corrected chi connectivity index (χ0v) is 10.6. The highest BCUT2D eigenvalue weighted by Gasteiger charge is 2.04. The fourth-order valence-electron chi connectivity index (χ4n) is 1.21. The number of hydrogen-bond donors (Lipinski definition) is 1. The van der Waals surface area contributed by atoms with Gasteiger partial charge in [0.05, 0.1) is 4.21 Å². The van der Waals surface area contributed by atoms with Crippen molar-refractivity contribution in [3.8, 4) is 0 Å². The molecule has 1 aromatic carbocycles. The molecule has 0 fully saturated rings. The summed E-state index contributed by atoms with van der Waals surface area (Å²) >= 11 is 15.5. The van der Waals surface area contributed by atoms with Crippen LogP contribution in [0.25, 0.3) is 10.1 Å². The van der Waals surface area contributed by atoms with E-state index >= 15 is 0 Å². The second kappa shape index (κ2) is 3.81. The van der Waals surface area contributed by atoms with E-state index in [0.29, 0.717) is 0 Å². The van der Waals surface area contributed by atoms with Crippen molar-refractivity contribution in [2.45, 2.75) is 9.54 Å². The molecule has 0 N–H and O–H groups in total. The van der Waals surface area contributed by atoms with Crippen molar-refractivity contribution in [3.05, 3.63) is 28.8 Å². The molecule has 4 heteroatoms. The highest BCUT2D eigenvalue weighted by atomic mass is 79.9. The monoisotopic (exact) mass is 292 g/mol. The predicted octanol–water partition coefficient (Wildman–Crippen LogP) is 4.74. The quantitative estimate of drug-likeness (QED) is 0.570. The summed E-state index contributed by atoms with van der Waals surface area (Å²) in [7, 11) is 0. The molecule has 0 spiro atoms. The average Bonchev–Trinajstić information content (AvgIpc) is 2.46. The molecule has 0 bridgehead atoms. The van der Waals surface area contributed by atoms with E-state index in [1.165, 1.54) is 10.3 Å². The van der Waals surface area contributed by atoms with Gasteiger partial charge in [-0.1, -0.05) is 27.5 Å². The van der Waals surface area contributed by atoms with Gasteiger partial charge in [-0.2, -0.15) is 0 Å². The second-order valence-electron chi connectivity index (χ2n) is 2.71. The van der Waals surface area contributed by atoms with E-state index in [-0.39, 0.29) is 0 Å². The van der Waals surface area contributed by atoms with Crippen LogP contribution in [-0.2, 0) is 5.33 Å². The molecule has 2 rings (SSSR count). The van der Waals surface area contributed by atoms with Gasteiger partial charge < -0.3 is 0 Å². The Kier molecular flexibility index (Phi) is 2.88. The van der Waals surface area contributed by atoms with Gasteiger partial charge in [0, 0.05) is 20.4 Å². The second-order valence-corrected chi connectivity index (χ2v) is 5.54. The maximum atomic E-state index is 6.11. The molecular weight excluding hydrogens is 288 g/mol. The van der Waals surface area contributed by atoms with Crippen molar-refractivity contribution >= 4 is 61.6 Å². The van der Waals surface area contributed by atoms with E-state index in [1.54, 1.807) is 11.3 Å². The molecule has 0 aliphatic rings. The molecule has 0 aliphatic heterocycles. The summed E-state index contributed by atoms with van der Waals surface area (Å²) < 4.78 is 2.20. The first kappa shape index (κ1) is 9.84. The third-order valence-corrected chi connectivity index (χ3v) is 4.04. The summed E-state index contributed by atoms with van der Waals surface area (Å²) in [4.78, 5) is 0. The molecule has 0 saturated carbocycles. The maximum Gasteiger partial charge on any atom is 0.0581 e. The Labute approximate surface area is 99.4 Å². The largest absolute Gasteiger partial charge is 0.133 e. The van der Waals surface area contributed by atoms with Crippen LogP contribution in [-0.4, -0.2) is 0 Å². The summed E-state index contributed by atoms with van der Waals surface area (Å²) in [6.07, 6.45) is 0. The lowest BCUT2D eigenvalue weighted by Crippen LogP contribution is -1.76. The molecule has 1 aromatic heterocycles. The molecule has 0 atom stereocenters. The van der Waals surface area contributed by atoms with Crippen molar-refractivity contribution in [3.63, 3.8) is 0 Å². The molecule has 68 valence electrons. The number of rotatable bonds is 1. The number of hydrogen-bond acceptors (Lipinski definition) is 2. The standard InChI is InChI=1S/C9H6BrClS2/c10-4-5-1-7(11)6-3-9(12)13-8(6)2-5/h1-3,12H,4H2. The number of thiol groups is 1. The SMILES string of the molecule is Sc1cc2c(Cl)cc(CBr)cc2s1. The van der Waals surface area contributed by atoms with Crippen LogP contribution in [0.15, 0.2) is 22.4 Å². The van der Waals surface area contributed by atoms with Gasteiger partial charge in [-0.15, -0.1) is 24.0 Å². The fourth-order valence-corrected chi connectivity index (χ4v) is 3.20. The summed E-state index contributed by atoms with van der Waals surface area (Å²) in [5.41, 5.74) is 1.20. The number of alkyl halides is 1. The van der Waals surface area contributed by atoms with Crippen LogP contribution in [0, 0.1) is 0 Å². The first-order valence-corrected chi connectivity index (χ1v) is 6.44. The Morgan fingerprint density at radius 2 is 2.15 bits per heavy atom. The summed E-state index contributed by atoms with van der Waals surface area (Å²) in [6, 6.07) is 6.13. The van der Waals surface area contributed by atoms with Crippen LogP contribution < -0.4 is 0 Å². The molecule has 0 amide bonds. The minimum atomic E-state index is 0.809. The minimum Gasteiger partial charge on any atom is -0.133 e. The van der Waals surface area contributed by atoms with Crippen molar-refractivity contribution in [2.75, 3.05) is 0 Å². The summed E-state index contributed by atoms with van der Waals surface area (Å²) in [5.74, 6) is 0. The van der Waals surface area contributed by atoms with Crippen LogP contribution in [0.4, 0.5) is 0 Å². The van der Waals surface area contributed by atoms with Gasteiger partial charge in [-0.3, -0.25) is 0 Å². The van der Waals surface area contributed by atoms with Crippen LogP contribution in [0.5, 0.6) is 0 Å². The Balaban J connectivity index is 2.75. The molecule has 0 nitrogen and oxygen atoms in total. The van der Waals surface area contributed by atoms with Gasteiger partial charge in [0.15, 0.2) is 0 Å². The predicted molar refractivity (Wildman–Crippen MR) is 66.7 cm³/mol. The van der Waals surface area contributed by atoms with E-state index in [2.05, 4.69) is 34.6 Å². The zero-order valence-electron chi connectivity index (χ0n) is 6.55. The zero-order chi connectivity index (χ0) is 9.42. The Morgan fingerprint density at radius 1 is 1.38 bits per heavy atom. The van der Waals surface area contributed by atoms with Crippen molar-refractivity contribution < 1.29 is 0 Å². The molecule has 0 radical (unpaired) electrons. The summed E-state index contributed by atoms with van der Waals surface area (Å²) in [5, 5.41) is 2.74. The Bertz CT molecular complexity index is 450. The van der Waals surface area contributed by atoms with Gasteiger partial charge in [0.2, 0.25) is 0 Å². The molecular formula is C9H6BrClS2. The molecule has 2 aromatic rings. The molecule has 0 unspecified atom stereocenters. The Morgan fingerprint density at radius 3 is 2.85 bits per heavy atom. The van der Waals surface area contributed by atoms with Gasteiger partial charge in [-0.25, -0.2) is 0 Å². The molecule has 13 heavy (non-hydrogen) atoms. The highest BCUT2D eigenvalue weighted by Crippen LogP contribution is 2.34. The van der Waals surface area contributed by atoms with Crippen LogP contribution >= 0.6 is 51.5 Å². The third kappa shape index (κ3) is 1.89. The first-order valence-electron chi connectivity index (χ1n) is 3.67. The number of benzene rings is 1. The number of halogens is 2. The Hall–Kier alpha value is 0.300. The topological polar surface area (TPSA) is 0 Å². The van der Waals surface area contributed by atoms with Gasteiger partial charge in [0.25, 0.3) is 0 Å². The van der Waals surface area contributed by atoms with Crippen LogP contribution in [0.3, 0.4) is 0 Å². The minimum absolute atomic E-state index is 0.809. The van der Waals surface area contributed by atoms with Crippen LogP contribution in [0.1, 0.15) is 5.56 Å². The van der Waals surface area contributed by atoms with E-state index in [9.17, 15) is 0 Å². The third-order valence-electron chi connectivity index (χ3n) is 1.79. The maximum absolute atomic E-state index is 6.11. The molecule has 0 aliphatic carbocycles. The van der Waals surface area contributed by atoms with Crippen molar-refractivity contribution in [2.24, 2.45) is 0 Å².